The average Bonchev–Trinajstić information content (AvgIpc) is 3.27. The van der Waals surface area contributed by atoms with Crippen molar-refractivity contribution in [2.24, 2.45) is 5.92 Å². The number of urea groups is 1. The fourth-order valence-corrected chi connectivity index (χ4v) is 8.21. The standard InChI is InChI=1S/C48H52ClN3O7/c1-32-43(30-52-26-24-48(56,25-27-52)39-20-22-40(49)23-21-39)58-46(59-44(32)36-14-12-34(31-53)13-15-36)37-18-16-35(17-19-37)41-11-7-6-10-38(41)29-50-47(55)51-42(45(54)57-2)28-33-8-4-3-5-9-33/h3-23,32,42-44,46,53,56H,24-31H2,1-2H3,(H2,50,51,55)/t32-,42+,43+,44+,46+/m1/s1. The Labute approximate surface area is 351 Å². The first-order valence-electron chi connectivity index (χ1n) is 20.2. The number of aliphatic hydroxyl groups is 2. The average molecular weight is 818 g/mol. The van der Waals surface area contributed by atoms with Crippen LogP contribution in [-0.2, 0) is 44.2 Å². The Morgan fingerprint density at radius 1 is 0.847 bits per heavy atom. The lowest BCUT2D eigenvalue weighted by atomic mass is 9.84. The second kappa shape index (κ2) is 19.3. The van der Waals surface area contributed by atoms with Crippen LogP contribution < -0.4 is 10.6 Å². The summed E-state index contributed by atoms with van der Waals surface area (Å²) in [5, 5.41) is 27.6. The first-order valence-corrected chi connectivity index (χ1v) is 20.6. The number of likely N-dealkylation sites (tertiary alicyclic amines) is 1. The highest BCUT2D eigenvalue weighted by atomic mass is 35.5. The van der Waals surface area contributed by atoms with Crippen LogP contribution in [0.4, 0.5) is 4.79 Å². The van der Waals surface area contributed by atoms with Gasteiger partial charge in [-0.3, -0.25) is 0 Å². The van der Waals surface area contributed by atoms with Crippen LogP contribution in [0.15, 0.2) is 127 Å². The molecule has 0 unspecified atom stereocenters. The zero-order valence-corrected chi connectivity index (χ0v) is 34.2. The van der Waals surface area contributed by atoms with Crippen molar-refractivity contribution in [2.45, 2.75) is 69.5 Å². The van der Waals surface area contributed by atoms with Crippen molar-refractivity contribution < 1.29 is 34.0 Å². The first-order chi connectivity index (χ1) is 28.6. The lowest BCUT2D eigenvalue weighted by Gasteiger charge is -2.45. The van der Waals surface area contributed by atoms with E-state index in [-0.39, 0.29) is 31.3 Å². The van der Waals surface area contributed by atoms with Gasteiger partial charge in [0.2, 0.25) is 0 Å². The molecule has 2 fully saturated rings. The molecule has 0 aliphatic carbocycles. The molecule has 10 nitrogen and oxygen atoms in total. The number of piperidine rings is 1. The maximum atomic E-state index is 13.1. The maximum absolute atomic E-state index is 13.1. The molecule has 2 saturated heterocycles. The normalized spacial score (nSPS) is 21.0. The summed E-state index contributed by atoms with van der Waals surface area (Å²) >= 11 is 6.12. The second-order valence-electron chi connectivity index (χ2n) is 15.5. The Balaban J connectivity index is 1.04. The number of carbonyl (C=O) groups is 2. The van der Waals surface area contributed by atoms with Crippen LogP contribution in [0.1, 0.15) is 65.5 Å². The molecular formula is C48H52ClN3O7. The lowest BCUT2D eigenvalue weighted by molar-refractivity contribution is -0.277. The Morgan fingerprint density at radius 2 is 1.51 bits per heavy atom. The van der Waals surface area contributed by atoms with Gasteiger partial charge in [0.05, 0.1) is 31.5 Å². The highest BCUT2D eigenvalue weighted by Crippen LogP contribution is 2.43. The molecule has 0 aromatic heterocycles. The number of nitrogens with zero attached hydrogens (tertiary/aromatic N) is 1. The first kappa shape index (κ1) is 42.1. The molecule has 7 rings (SSSR count). The third-order valence-corrected chi connectivity index (χ3v) is 11.9. The van der Waals surface area contributed by atoms with E-state index < -0.39 is 29.9 Å². The third-order valence-electron chi connectivity index (χ3n) is 11.7. The number of esters is 1. The van der Waals surface area contributed by atoms with Crippen molar-refractivity contribution in [3.63, 3.8) is 0 Å². The number of aliphatic hydroxyl groups excluding tert-OH is 1. The van der Waals surface area contributed by atoms with E-state index in [9.17, 15) is 19.8 Å². The predicted octanol–water partition coefficient (Wildman–Crippen LogP) is 7.86. The molecule has 308 valence electrons. The van der Waals surface area contributed by atoms with Crippen molar-refractivity contribution >= 4 is 23.6 Å². The summed E-state index contributed by atoms with van der Waals surface area (Å²) in [5.74, 6) is -0.503. The summed E-state index contributed by atoms with van der Waals surface area (Å²) in [5.41, 5.74) is 6.44. The van der Waals surface area contributed by atoms with Gasteiger partial charge in [-0.15, -0.1) is 0 Å². The molecule has 0 radical (unpaired) electrons. The van der Waals surface area contributed by atoms with Crippen LogP contribution in [0.3, 0.4) is 0 Å². The van der Waals surface area contributed by atoms with Gasteiger partial charge in [0.1, 0.15) is 6.04 Å². The fraction of sp³-hybridized carbons (Fsp3) is 0.333. The van der Waals surface area contributed by atoms with E-state index in [1.54, 1.807) is 0 Å². The molecule has 2 aliphatic heterocycles. The monoisotopic (exact) mass is 817 g/mol. The number of nitrogens with one attached hydrogen (secondary N) is 2. The summed E-state index contributed by atoms with van der Waals surface area (Å²) in [6.45, 7) is 4.49. The van der Waals surface area contributed by atoms with E-state index >= 15 is 0 Å². The van der Waals surface area contributed by atoms with Crippen molar-refractivity contribution in [3.05, 3.63) is 166 Å². The number of methoxy groups -OCH3 is 1. The molecule has 5 aromatic carbocycles. The number of rotatable bonds is 13. The Bertz CT molecular complexity index is 2140. The molecule has 0 bridgehead atoms. The quantitative estimate of drug-likeness (QED) is 0.0885. The number of amides is 2. The van der Waals surface area contributed by atoms with Crippen LogP contribution in [0.5, 0.6) is 0 Å². The van der Waals surface area contributed by atoms with Crippen LogP contribution in [0.25, 0.3) is 11.1 Å². The summed E-state index contributed by atoms with van der Waals surface area (Å²) < 4.78 is 18.5. The highest BCUT2D eigenvalue weighted by molar-refractivity contribution is 6.30. The van der Waals surface area contributed by atoms with Crippen molar-refractivity contribution in [1.29, 1.82) is 0 Å². The van der Waals surface area contributed by atoms with Crippen molar-refractivity contribution in [1.82, 2.24) is 15.5 Å². The molecule has 0 saturated carbocycles. The minimum atomic E-state index is -0.901. The maximum Gasteiger partial charge on any atom is 0.328 e. The third kappa shape index (κ3) is 10.4. The topological polar surface area (TPSA) is 130 Å². The van der Waals surface area contributed by atoms with E-state index in [4.69, 9.17) is 25.8 Å². The van der Waals surface area contributed by atoms with Crippen LogP contribution in [-0.4, -0.2) is 66.0 Å². The van der Waals surface area contributed by atoms with Crippen molar-refractivity contribution in [3.8, 4) is 11.1 Å². The minimum Gasteiger partial charge on any atom is -0.467 e. The zero-order valence-electron chi connectivity index (χ0n) is 33.4. The molecule has 11 heteroatoms. The van der Waals surface area contributed by atoms with E-state index in [0.29, 0.717) is 30.8 Å². The second-order valence-corrected chi connectivity index (χ2v) is 16.0. The molecular weight excluding hydrogens is 766 g/mol. The van der Waals surface area contributed by atoms with Crippen LogP contribution in [0.2, 0.25) is 5.02 Å². The van der Waals surface area contributed by atoms with Crippen LogP contribution >= 0.6 is 11.6 Å². The van der Waals surface area contributed by atoms with Gasteiger partial charge in [-0.1, -0.05) is 134 Å². The number of benzene rings is 5. The van der Waals surface area contributed by atoms with Gasteiger partial charge in [-0.25, -0.2) is 9.59 Å². The minimum absolute atomic E-state index is 0.0142. The molecule has 2 heterocycles. The van der Waals surface area contributed by atoms with E-state index in [2.05, 4.69) is 22.5 Å². The summed E-state index contributed by atoms with van der Waals surface area (Å²) in [4.78, 5) is 27.9. The molecule has 0 spiro atoms. The van der Waals surface area contributed by atoms with Crippen molar-refractivity contribution in [2.75, 3.05) is 26.7 Å². The van der Waals surface area contributed by atoms with Gasteiger partial charge >= 0.3 is 12.0 Å². The van der Waals surface area contributed by atoms with Gasteiger partial charge < -0.3 is 40.0 Å². The number of hydrogen-bond donors (Lipinski definition) is 4. The number of halogens is 1. The van der Waals surface area contributed by atoms with Gasteiger partial charge in [0.25, 0.3) is 0 Å². The Morgan fingerprint density at radius 3 is 2.19 bits per heavy atom. The summed E-state index contributed by atoms with van der Waals surface area (Å²) in [7, 11) is 1.31. The predicted molar refractivity (Wildman–Crippen MR) is 227 cm³/mol. The summed E-state index contributed by atoms with van der Waals surface area (Å²) in [6.07, 6.45) is 0.458. The fourth-order valence-electron chi connectivity index (χ4n) is 8.08. The van der Waals surface area contributed by atoms with E-state index in [1.165, 1.54) is 7.11 Å². The molecule has 2 amide bonds. The molecule has 59 heavy (non-hydrogen) atoms. The van der Waals surface area contributed by atoms with Gasteiger partial charge in [-0.05, 0) is 63.9 Å². The van der Waals surface area contributed by atoms with Crippen LogP contribution in [0, 0.1) is 5.92 Å². The molecule has 5 aromatic rings. The number of hydrogen-bond acceptors (Lipinski definition) is 8. The van der Waals surface area contributed by atoms with E-state index in [1.807, 2.05) is 127 Å². The molecule has 5 atom stereocenters. The molecule has 2 aliphatic rings. The Hall–Kier alpha value is -5.07. The Kier molecular flexibility index (Phi) is 13.8. The number of carbonyl (C=O) groups excluding carboxylic acids is 2. The SMILES string of the molecule is COC(=O)[C@H](Cc1ccccc1)NC(=O)NCc1ccccc1-c1ccc([C@H]2O[C@@H](CN3CCC(O)(c4ccc(Cl)cc4)CC3)[C@@H](C)[C@@H](c3ccc(CO)cc3)O2)cc1. The summed E-state index contributed by atoms with van der Waals surface area (Å²) in [6, 6.07) is 39.5. The lowest BCUT2D eigenvalue weighted by Crippen LogP contribution is -2.49. The molecule has 4 N–H and O–H groups in total. The van der Waals surface area contributed by atoms with E-state index in [0.717, 1.165) is 57.6 Å². The van der Waals surface area contributed by atoms with Gasteiger partial charge in [0.15, 0.2) is 6.29 Å². The highest BCUT2D eigenvalue weighted by Gasteiger charge is 2.41. The zero-order chi connectivity index (χ0) is 41.4. The van der Waals surface area contributed by atoms with Gasteiger partial charge in [-0.2, -0.15) is 0 Å². The number of ether oxygens (including phenoxy) is 3. The smallest absolute Gasteiger partial charge is 0.328 e. The largest absolute Gasteiger partial charge is 0.467 e. The van der Waals surface area contributed by atoms with Gasteiger partial charge in [0, 0.05) is 49.1 Å².